The van der Waals surface area contributed by atoms with Crippen molar-refractivity contribution in [3.8, 4) is 0 Å². The first-order valence-electron chi connectivity index (χ1n) is 6.71. The lowest BCUT2D eigenvalue weighted by atomic mass is 10.0. The molecule has 2 nitrogen and oxygen atoms in total. The molecule has 1 N–H and O–H groups in total. The van der Waals surface area contributed by atoms with E-state index < -0.39 is 6.10 Å². The van der Waals surface area contributed by atoms with Crippen molar-refractivity contribution in [3.63, 3.8) is 0 Å². The molecule has 19 heavy (non-hydrogen) atoms. The fourth-order valence-corrected chi connectivity index (χ4v) is 2.36. The Bertz CT molecular complexity index is 550. The molecule has 2 aromatic carbocycles. The van der Waals surface area contributed by atoms with Crippen LogP contribution < -0.4 is 4.90 Å². The van der Waals surface area contributed by atoms with Crippen LogP contribution in [0.3, 0.4) is 0 Å². The smallest absolute Gasteiger partial charge is 0.0807 e. The maximum atomic E-state index is 10.1. The van der Waals surface area contributed by atoms with E-state index in [0.717, 1.165) is 17.7 Å². The number of benzene rings is 2. The van der Waals surface area contributed by atoms with Gasteiger partial charge in [0, 0.05) is 24.0 Å². The summed E-state index contributed by atoms with van der Waals surface area (Å²) in [5.74, 6) is 0. The zero-order valence-corrected chi connectivity index (χ0v) is 11.8. The summed E-state index contributed by atoms with van der Waals surface area (Å²) < 4.78 is 0. The second-order valence-electron chi connectivity index (χ2n) is 4.83. The van der Waals surface area contributed by atoms with E-state index in [1.165, 1.54) is 11.3 Å². The molecule has 0 aliphatic heterocycles. The van der Waals surface area contributed by atoms with Gasteiger partial charge in [-0.2, -0.15) is 0 Å². The number of aryl methyl sites for hydroxylation is 1. The first-order chi connectivity index (χ1) is 9.15. The van der Waals surface area contributed by atoms with Crippen LogP contribution in [-0.4, -0.2) is 12.2 Å². The predicted molar refractivity (Wildman–Crippen MR) is 80.9 cm³/mol. The van der Waals surface area contributed by atoms with E-state index in [1.807, 2.05) is 44.3 Å². The Morgan fingerprint density at radius 1 is 1.00 bits per heavy atom. The van der Waals surface area contributed by atoms with E-state index in [-0.39, 0.29) is 0 Å². The van der Waals surface area contributed by atoms with Crippen LogP contribution in [0.15, 0.2) is 48.5 Å². The average Bonchev–Trinajstić information content (AvgIpc) is 2.46. The monoisotopic (exact) mass is 255 g/mol. The molecule has 0 aliphatic rings. The lowest BCUT2D eigenvalue weighted by Gasteiger charge is -2.25. The first-order valence-corrected chi connectivity index (χ1v) is 6.71. The second kappa shape index (κ2) is 5.89. The Hall–Kier alpha value is -1.80. The normalized spacial score (nSPS) is 12.2. The summed E-state index contributed by atoms with van der Waals surface area (Å²) >= 11 is 0. The van der Waals surface area contributed by atoms with Gasteiger partial charge in [0.2, 0.25) is 0 Å². The molecule has 2 aromatic rings. The van der Waals surface area contributed by atoms with Crippen LogP contribution in [0.2, 0.25) is 0 Å². The highest BCUT2D eigenvalue weighted by Gasteiger charge is 2.14. The van der Waals surface area contributed by atoms with Crippen molar-refractivity contribution in [2.24, 2.45) is 0 Å². The van der Waals surface area contributed by atoms with Gasteiger partial charge in [-0.25, -0.2) is 0 Å². The van der Waals surface area contributed by atoms with E-state index >= 15 is 0 Å². The van der Waals surface area contributed by atoms with Crippen LogP contribution >= 0.6 is 0 Å². The quantitative estimate of drug-likeness (QED) is 0.884. The van der Waals surface area contributed by atoms with Crippen molar-refractivity contribution in [1.82, 2.24) is 0 Å². The number of rotatable bonds is 4. The maximum Gasteiger partial charge on any atom is 0.0807 e. The van der Waals surface area contributed by atoms with Gasteiger partial charge in [-0.1, -0.05) is 43.3 Å². The molecule has 0 bridgehead atoms. The van der Waals surface area contributed by atoms with E-state index in [9.17, 15) is 5.11 Å². The molecule has 0 aromatic heterocycles. The van der Waals surface area contributed by atoms with Crippen LogP contribution in [0.5, 0.6) is 0 Å². The van der Waals surface area contributed by atoms with Crippen LogP contribution in [0.25, 0.3) is 0 Å². The minimum Gasteiger partial charge on any atom is -0.388 e. The minimum atomic E-state index is -0.414. The Balaban J connectivity index is 2.45. The molecule has 0 spiro atoms. The maximum absolute atomic E-state index is 10.1. The number of anilines is 2. The number of nitrogens with zero attached hydrogens (tertiary/aromatic N) is 1. The predicted octanol–water partition coefficient (Wildman–Crippen LogP) is 4.21. The molecule has 0 aliphatic carbocycles. The number of aliphatic hydroxyl groups is 1. The van der Waals surface area contributed by atoms with E-state index in [1.54, 1.807) is 0 Å². The standard InChI is InChI=1S/C17H21NO/c1-4-17(19)14-10-6-8-12-16(14)18(3)15-11-7-5-9-13(15)2/h5-12,17,19H,4H2,1-3H3/t17-/m1/s1. The highest BCUT2D eigenvalue weighted by molar-refractivity contribution is 5.68. The lowest BCUT2D eigenvalue weighted by molar-refractivity contribution is 0.174. The molecule has 0 fully saturated rings. The molecule has 0 radical (unpaired) electrons. The van der Waals surface area contributed by atoms with Crippen molar-refractivity contribution in [3.05, 3.63) is 59.7 Å². The van der Waals surface area contributed by atoms with Gasteiger partial charge < -0.3 is 10.0 Å². The van der Waals surface area contributed by atoms with Crippen molar-refractivity contribution in [1.29, 1.82) is 0 Å². The van der Waals surface area contributed by atoms with Gasteiger partial charge in [0.15, 0.2) is 0 Å². The van der Waals surface area contributed by atoms with Gasteiger partial charge in [0.05, 0.1) is 6.10 Å². The molecule has 0 saturated heterocycles. The summed E-state index contributed by atoms with van der Waals surface area (Å²) in [5.41, 5.74) is 4.44. The zero-order valence-electron chi connectivity index (χ0n) is 11.8. The first kappa shape index (κ1) is 13.6. The van der Waals surface area contributed by atoms with Gasteiger partial charge in [0.25, 0.3) is 0 Å². The summed E-state index contributed by atoms with van der Waals surface area (Å²) in [6, 6.07) is 16.3. The molecule has 0 amide bonds. The average molecular weight is 255 g/mol. The third-order valence-electron chi connectivity index (χ3n) is 3.52. The van der Waals surface area contributed by atoms with E-state index in [4.69, 9.17) is 0 Å². The number of para-hydroxylation sites is 2. The van der Waals surface area contributed by atoms with Crippen molar-refractivity contribution >= 4 is 11.4 Å². The third-order valence-corrected chi connectivity index (χ3v) is 3.52. The number of hydrogen-bond donors (Lipinski definition) is 1. The topological polar surface area (TPSA) is 23.5 Å². The van der Waals surface area contributed by atoms with Crippen molar-refractivity contribution in [2.75, 3.05) is 11.9 Å². The molecule has 2 heteroatoms. The zero-order chi connectivity index (χ0) is 13.8. The van der Waals surface area contributed by atoms with Crippen LogP contribution in [0.4, 0.5) is 11.4 Å². The van der Waals surface area contributed by atoms with Crippen LogP contribution in [-0.2, 0) is 0 Å². The van der Waals surface area contributed by atoms with Crippen molar-refractivity contribution < 1.29 is 5.11 Å². The molecule has 2 rings (SSSR count). The van der Waals surface area contributed by atoms with Gasteiger partial charge in [0.1, 0.15) is 0 Å². The van der Waals surface area contributed by atoms with E-state index in [0.29, 0.717) is 0 Å². The Morgan fingerprint density at radius 3 is 2.21 bits per heavy atom. The molecule has 100 valence electrons. The molecule has 0 saturated carbocycles. The molecular weight excluding hydrogens is 234 g/mol. The largest absolute Gasteiger partial charge is 0.388 e. The number of hydrogen-bond acceptors (Lipinski definition) is 2. The fraction of sp³-hybridized carbons (Fsp3) is 0.294. The summed E-state index contributed by atoms with van der Waals surface area (Å²) in [6.45, 7) is 4.10. The Morgan fingerprint density at radius 2 is 1.58 bits per heavy atom. The van der Waals surface area contributed by atoms with Gasteiger partial charge >= 0.3 is 0 Å². The summed E-state index contributed by atoms with van der Waals surface area (Å²) in [7, 11) is 2.05. The third kappa shape index (κ3) is 2.79. The molecule has 0 unspecified atom stereocenters. The van der Waals surface area contributed by atoms with Gasteiger partial charge in [-0.15, -0.1) is 0 Å². The second-order valence-corrected chi connectivity index (χ2v) is 4.83. The SMILES string of the molecule is CC[C@@H](O)c1ccccc1N(C)c1ccccc1C. The van der Waals surface area contributed by atoms with Gasteiger partial charge in [-0.05, 0) is 31.0 Å². The highest BCUT2D eigenvalue weighted by atomic mass is 16.3. The molecule has 0 heterocycles. The van der Waals surface area contributed by atoms with E-state index in [2.05, 4.69) is 30.0 Å². The summed E-state index contributed by atoms with van der Waals surface area (Å²) in [6.07, 6.45) is 0.307. The Labute approximate surface area is 115 Å². The molecular formula is C17H21NO. The van der Waals surface area contributed by atoms with Crippen LogP contribution in [0, 0.1) is 6.92 Å². The minimum absolute atomic E-state index is 0.414. The highest BCUT2D eigenvalue weighted by Crippen LogP contribution is 2.33. The summed E-state index contributed by atoms with van der Waals surface area (Å²) in [5, 5.41) is 10.1. The number of aliphatic hydroxyl groups excluding tert-OH is 1. The Kier molecular flexibility index (Phi) is 4.23. The van der Waals surface area contributed by atoms with Gasteiger partial charge in [-0.3, -0.25) is 0 Å². The van der Waals surface area contributed by atoms with Crippen LogP contribution in [0.1, 0.15) is 30.6 Å². The molecule has 1 atom stereocenters. The van der Waals surface area contributed by atoms with Crippen molar-refractivity contribution in [2.45, 2.75) is 26.4 Å². The summed E-state index contributed by atoms with van der Waals surface area (Å²) in [4.78, 5) is 2.14. The lowest BCUT2D eigenvalue weighted by Crippen LogP contribution is -2.14. The fourth-order valence-electron chi connectivity index (χ4n) is 2.36.